The first-order valence-corrected chi connectivity index (χ1v) is 7.78. The van der Waals surface area contributed by atoms with Gasteiger partial charge in [0.25, 0.3) is 0 Å². The Morgan fingerprint density at radius 2 is 2.14 bits per heavy atom. The summed E-state index contributed by atoms with van der Waals surface area (Å²) in [7, 11) is 0. The van der Waals surface area contributed by atoms with Gasteiger partial charge in [0.05, 0.1) is 0 Å². The van der Waals surface area contributed by atoms with Gasteiger partial charge in [-0.05, 0) is 43.5 Å². The van der Waals surface area contributed by atoms with Crippen molar-refractivity contribution in [3.8, 4) is 0 Å². The van der Waals surface area contributed by atoms with E-state index in [0.717, 1.165) is 44.8 Å². The summed E-state index contributed by atoms with van der Waals surface area (Å²) >= 11 is 0. The summed E-state index contributed by atoms with van der Waals surface area (Å²) in [6.07, 6.45) is 3.94. The molecule has 0 spiro atoms. The number of aryl methyl sites for hydroxylation is 1. The van der Waals surface area contributed by atoms with Gasteiger partial charge in [-0.25, -0.2) is 4.98 Å². The molecule has 1 aliphatic rings. The molecule has 1 aromatic heterocycles. The highest BCUT2D eigenvalue weighted by molar-refractivity contribution is 5.73. The van der Waals surface area contributed by atoms with Crippen LogP contribution in [-0.2, 0) is 11.3 Å². The standard InChI is InChI=1S/C16H26N4O/c1-4-17-10-14-9-12(2)16(18-11-14)20-7-5-15(6-8-20)19-13(3)21/h9,11,15,17H,4-8,10H2,1-3H3,(H,19,21). The minimum atomic E-state index is 0.0653. The molecule has 1 saturated heterocycles. The predicted molar refractivity (Wildman–Crippen MR) is 85.4 cm³/mol. The topological polar surface area (TPSA) is 57.3 Å². The summed E-state index contributed by atoms with van der Waals surface area (Å²) in [6, 6.07) is 2.53. The van der Waals surface area contributed by atoms with Crippen molar-refractivity contribution < 1.29 is 4.79 Å². The van der Waals surface area contributed by atoms with Gasteiger partial charge in [-0.3, -0.25) is 4.79 Å². The number of hydrogen-bond donors (Lipinski definition) is 2. The van der Waals surface area contributed by atoms with Crippen molar-refractivity contribution in [3.05, 3.63) is 23.4 Å². The third-order valence-electron chi connectivity index (χ3n) is 3.89. The lowest BCUT2D eigenvalue weighted by Crippen LogP contribution is -2.44. The number of amides is 1. The Morgan fingerprint density at radius 1 is 1.43 bits per heavy atom. The van der Waals surface area contributed by atoms with Crippen molar-refractivity contribution in [1.82, 2.24) is 15.6 Å². The van der Waals surface area contributed by atoms with Gasteiger partial charge in [-0.15, -0.1) is 0 Å². The van der Waals surface area contributed by atoms with Crippen molar-refractivity contribution >= 4 is 11.7 Å². The molecule has 2 N–H and O–H groups in total. The first-order valence-electron chi connectivity index (χ1n) is 7.78. The van der Waals surface area contributed by atoms with Crippen LogP contribution in [0.15, 0.2) is 12.3 Å². The minimum Gasteiger partial charge on any atom is -0.356 e. The number of aromatic nitrogens is 1. The van der Waals surface area contributed by atoms with Crippen molar-refractivity contribution in [3.63, 3.8) is 0 Å². The second-order valence-electron chi connectivity index (χ2n) is 5.73. The second-order valence-corrected chi connectivity index (χ2v) is 5.73. The van der Waals surface area contributed by atoms with Crippen LogP contribution in [0, 0.1) is 6.92 Å². The number of anilines is 1. The molecule has 1 aromatic rings. The molecule has 21 heavy (non-hydrogen) atoms. The Labute approximate surface area is 127 Å². The molecule has 0 radical (unpaired) electrons. The molecule has 1 amide bonds. The van der Waals surface area contributed by atoms with Crippen molar-refractivity contribution in [2.24, 2.45) is 0 Å². The highest BCUT2D eigenvalue weighted by Gasteiger charge is 2.21. The monoisotopic (exact) mass is 290 g/mol. The molecule has 116 valence electrons. The quantitative estimate of drug-likeness (QED) is 0.865. The summed E-state index contributed by atoms with van der Waals surface area (Å²) < 4.78 is 0. The van der Waals surface area contributed by atoms with Crippen molar-refractivity contribution in [2.45, 2.75) is 46.2 Å². The second kappa shape index (κ2) is 7.41. The van der Waals surface area contributed by atoms with E-state index in [0.29, 0.717) is 6.04 Å². The van der Waals surface area contributed by atoms with E-state index in [1.165, 1.54) is 11.1 Å². The lowest BCUT2D eigenvalue weighted by atomic mass is 10.0. The smallest absolute Gasteiger partial charge is 0.217 e. The Morgan fingerprint density at radius 3 is 2.71 bits per heavy atom. The molecule has 5 heteroatoms. The molecule has 0 aliphatic carbocycles. The molecule has 0 aromatic carbocycles. The predicted octanol–water partition coefficient (Wildman–Crippen LogP) is 1.60. The Balaban J connectivity index is 1.95. The zero-order valence-electron chi connectivity index (χ0n) is 13.3. The van der Waals surface area contributed by atoms with Gasteiger partial charge >= 0.3 is 0 Å². The molecule has 0 bridgehead atoms. The van der Waals surface area contributed by atoms with Crippen LogP contribution in [0.2, 0.25) is 0 Å². The van der Waals surface area contributed by atoms with Gasteiger partial charge in [-0.1, -0.05) is 6.92 Å². The van der Waals surface area contributed by atoms with Crippen LogP contribution >= 0.6 is 0 Å². The van der Waals surface area contributed by atoms with Gasteiger partial charge in [0.2, 0.25) is 5.91 Å². The highest BCUT2D eigenvalue weighted by atomic mass is 16.1. The Hall–Kier alpha value is -1.62. The van der Waals surface area contributed by atoms with E-state index >= 15 is 0 Å². The maximum atomic E-state index is 11.1. The van der Waals surface area contributed by atoms with Crippen LogP contribution in [0.4, 0.5) is 5.82 Å². The number of nitrogens with zero attached hydrogens (tertiary/aromatic N) is 2. The van der Waals surface area contributed by atoms with E-state index < -0.39 is 0 Å². The minimum absolute atomic E-state index is 0.0653. The molecule has 0 unspecified atom stereocenters. The largest absolute Gasteiger partial charge is 0.356 e. The number of carbonyl (C=O) groups is 1. The Kier molecular flexibility index (Phi) is 5.56. The van der Waals surface area contributed by atoms with E-state index in [1.54, 1.807) is 6.92 Å². The normalized spacial score (nSPS) is 16.0. The summed E-state index contributed by atoms with van der Waals surface area (Å²) in [5.41, 5.74) is 2.45. The van der Waals surface area contributed by atoms with E-state index in [9.17, 15) is 4.79 Å². The fraction of sp³-hybridized carbons (Fsp3) is 0.625. The molecule has 5 nitrogen and oxygen atoms in total. The van der Waals surface area contributed by atoms with E-state index in [4.69, 9.17) is 0 Å². The van der Waals surface area contributed by atoms with Crippen LogP contribution in [0.25, 0.3) is 0 Å². The van der Waals surface area contributed by atoms with Crippen LogP contribution in [0.3, 0.4) is 0 Å². The maximum absolute atomic E-state index is 11.1. The van der Waals surface area contributed by atoms with Gasteiger partial charge in [0.1, 0.15) is 5.82 Å². The van der Waals surface area contributed by atoms with Crippen LogP contribution in [0.1, 0.15) is 37.8 Å². The fourth-order valence-corrected chi connectivity index (χ4v) is 2.85. The van der Waals surface area contributed by atoms with Gasteiger partial charge in [-0.2, -0.15) is 0 Å². The molecular weight excluding hydrogens is 264 g/mol. The van der Waals surface area contributed by atoms with E-state index in [-0.39, 0.29) is 5.91 Å². The Bertz CT molecular complexity index is 481. The molecular formula is C16H26N4O. The third kappa shape index (κ3) is 4.43. The average Bonchev–Trinajstić information content (AvgIpc) is 2.46. The van der Waals surface area contributed by atoms with Gasteiger partial charge < -0.3 is 15.5 Å². The molecule has 1 fully saturated rings. The van der Waals surface area contributed by atoms with E-state index in [2.05, 4.69) is 40.4 Å². The van der Waals surface area contributed by atoms with Crippen LogP contribution < -0.4 is 15.5 Å². The summed E-state index contributed by atoms with van der Waals surface area (Å²) in [5.74, 6) is 1.15. The number of carbonyl (C=O) groups excluding carboxylic acids is 1. The average molecular weight is 290 g/mol. The number of piperidine rings is 1. The third-order valence-corrected chi connectivity index (χ3v) is 3.89. The summed E-state index contributed by atoms with van der Waals surface area (Å²) in [5, 5.41) is 6.33. The molecule has 2 heterocycles. The first kappa shape index (κ1) is 15.8. The van der Waals surface area contributed by atoms with Crippen molar-refractivity contribution in [2.75, 3.05) is 24.5 Å². The molecule has 1 aliphatic heterocycles. The SMILES string of the molecule is CCNCc1cnc(N2CCC(NC(C)=O)CC2)c(C)c1. The zero-order valence-corrected chi connectivity index (χ0v) is 13.3. The molecule has 0 saturated carbocycles. The number of pyridine rings is 1. The lowest BCUT2D eigenvalue weighted by Gasteiger charge is -2.33. The van der Waals surface area contributed by atoms with Crippen molar-refractivity contribution in [1.29, 1.82) is 0 Å². The van der Waals surface area contributed by atoms with Gasteiger partial charge in [0, 0.05) is 38.8 Å². The lowest BCUT2D eigenvalue weighted by molar-refractivity contribution is -0.119. The number of hydrogen-bond acceptors (Lipinski definition) is 4. The van der Waals surface area contributed by atoms with Crippen LogP contribution in [-0.4, -0.2) is 36.6 Å². The van der Waals surface area contributed by atoms with Crippen LogP contribution in [0.5, 0.6) is 0 Å². The first-order chi connectivity index (χ1) is 10.1. The molecule has 2 rings (SSSR count). The number of nitrogens with one attached hydrogen (secondary N) is 2. The fourth-order valence-electron chi connectivity index (χ4n) is 2.85. The van der Waals surface area contributed by atoms with Gasteiger partial charge in [0.15, 0.2) is 0 Å². The zero-order chi connectivity index (χ0) is 15.2. The number of rotatable bonds is 5. The summed E-state index contributed by atoms with van der Waals surface area (Å²) in [4.78, 5) is 18.1. The summed E-state index contributed by atoms with van der Waals surface area (Å²) in [6.45, 7) is 9.55. The highest BCUT2D eigenvalue weighted by Crippen LogP contribution is 2.22. The maximum Gasteiger partial charge on any atom is 0.217 e. The van der Waals surface area contributed by atoms with E-state index in [1.807, 2.05) is 6.20 Å². The molecule has 0 atom stereocenters.